The summed E-state index contributed by atoms with van der Waals surface area (Å²) in [6.45, 7) is 0. The molecular formula is C14H17N3O3. The highest BCUT2D eigenvalue weighted by Crippen LogP contribution is 2.30. The summed E-state index contributed by atoms with van der Waals surface area (Å²) in [5.41, 5.74) is 2.73. The summed E-state index contributed by atoms with van der Waals surface area (Å²) in [5.74, 6) is 0.305. The molecule has 1 aromatic carbocycles. The maximum atomic E-state index is 11.4. The van der Waals surface area contributed by atoms with Gasteiger partial charge in [0.1, 0.15) is 5.75 Å². The molecule has 2 aromatic rings. The van der Waals surface area contributed by atoms with E-state index in [0.717, 1.165) is 29.5 Å². The van der Waals surface area contributed by atoms with E-state index in [9.17, 15) is 4.79 Å². The van der Waals surface area contributed by atoms with Crippen LogP contribution in [0.25, 0.3) is 10.9 Å². The lowest BCUT2D eigenvalue weighted by Crippen LogP contribution is -2.27. The normalized spacial score (nSPS) is 22.1. The minimum atomic E-state index is -0.321. The third kappa shape index (κ3) is 2.34. The van der Waals surface area contributed by atoms with E-state index in [-0.39, 0.29) is 17.9 Å². The lowest BCUT2D eigenvalue weighted by atomic mass is 10.1. The summed E-state index contributed by atoms with van der Waals surface area (Å²) in [7, 11) is 1.89. The number of ether oxygens (including phenoxy) is 1. The molecule has 0 spiro atoms. The second-order valence-corrected chi connectivity index (χ2v) is 5.21. The van der Waals surface area contributed by atoms with Gasteiger partial charge in [0.15, 0.2) is 0 Å². The van der Waals surface area contributed by atoms with Gasteiger partial charge in [-0.2, -0.15) is 5.10 Å². The Kier molecular flexibility index (Phi) is 3.31. The van der Waals surface area contributed by atoms with Gasteiger partial charge in [-0.3, -0.25) is 14.7 Å². The molecule has 1 aliphatic carbocycles. The van der Waals surface area contributed by atoms with Crippen molar-refractivity contribution in [3.8, 4) is 5.75 Å². The van der Waals surface area contributed by atoms with Gasteiger partial charge in [-0.05, 0) is 31.4 Å². The van der Waals surface area contributed by atoms with Crippen LogP contribution in [0.2, 0.25) is 0 Å². The molecule has 0 radical (unpaired) electrons. The predicted octanol–water partition coefficient (Wildman–Crippen LogP) is 1.63. The highest BCUT2D eigenvalue weighted by atomic mass is 16.5. The number of carbonyl (C=O) groups is 1. The molecule has 1 amide bonds. The van der Waals surface area contributed by atoms with Crippen LogP contribution in [0.1, 0.15) is 19.3 Å². The lowest BCUT2D eigenvalue weighted by Gasteiger charge is -2.14. The van der Waals surface area contributed by atoms with Crippen LogP contribution in [-0.2, 0) is 11.8 Å². The third-order valence-corrected chi connectivity index (χ3v) is 3.89. The SMILES string of the molecule is Cn1ncc2ccc(OC3CCC(C(=O)NO)C3)cc21. The van der Waals surface area contributed by atoms with E-state index in [1.165, 1.54) is 0 Å². The van der Waals surface area contributed by atoms with Crippen molar-refractivity contribution in [1.29, 1.82) is 0 Å². The van der Waals surface area contributed by atoms with Gasteiger partial charge in [-0.15, -0.1) is 0 Å². The van der Waals surface area contributed by atoms with Gasteiger partial charge in [-0.1, -0.05) is 0 Å². The fourth-order valence-electron chi connectivity index (χ4n) is 2.77. The predicted molar refractivity (Wildman–Crippen MR) is 72.4 cm³/mol. The second kappa shape index (κ2) is 5.13. The van der Waals surface area contributed by atoms with Gasteiger partial charge in [0.05, 0.1) is 17.8 Å². The number of fused-ring (bicyclic) bond motifs is 1. The van der Waals surface area contributed by atoms with E-state index in [1.807, 2.05) is 31.4 Å². The number of amides is 1. The lowest BCUT2D eigenvalue weighted by molar-refractivity contribution is -0.133. The molecule has 2 unspecified atom stereocenters. The molecule has 0 aliphatic heterocycles. The highest BCUT2D eigenvalue weighted by molar-refractivity contribution is 5.80. The number of hydrogen-bond acceptors (Lipinski definition) is 4. The molecule has 2 N–H and O–H groups in total. The van der Waals surface area contributed by atoms with Crippen LogP contribution in [0.4, 0.5) is 0 Å². The number of aryl methyl sites for hydroxylation is 1. The number of rotatable bonds is 3. The fraction of sp³-hybridized carbons (Fsp3) is 0.429. The van der Waals surface area contributed by atoms with Crippen LogP contribution in [0, 0.1) is 5.92 Å². The number of hydrogen-bond donors (Lipinski definition) is 2. The van der Waals surface area contributed by atoms with Crippen LogP contribution in [0.3, 0.4) is 0 Å². The number of hydroxylamine groups is 1. The van der Waals surface area contributed by atoms with Crippen molar-refractivity contribution in [2.45, 2.75) is 25.4 Å². The largest absolute Gasteiger partial charge is 0.490 e. The van der Waals surface area contributed by atoms with Crippen molar-refractivity contribution in [3.05, 3.63) is 24.4 Å². The van der Waals surface area contributed by atoms with E-state index < -0.39 is 0 Å². The molecule has 6 nitrogen and oxygen atoms in total. The van der Waals surface area contributed by atoms with Crippen LogP contribution >= 0.6 is 0 Å². The maximum absolute atomic E-state index is 11.4. The van der Waals surface area contributed by atoms with Gasteiger partial charge in [0, 0.05) is 24.4 Å². The standard InChI is InChI=1S/C14H17N3O3/c1-17-13-7-12(5-3-10(13)8-15-17)20-11-4-2-9(6-11)14(18)16-19/h3,5,7-9,11,19H,2,4,6H2,1H3,(H,16,18). The number of benzene rings is 1. The van der Waals surface area contributed by atoms with Crippen LogP contribution in [0.15, 0.2) is 24.4 Å². The molecule has 1 heterocycles. The monoisotopic (exact) mass is 275 g/mol. The first-order valence-corrected chi connectivity index (χ1v) is 6.69. The second-order valence-electron chi connectivity index (χ2n) is 5.21. The molecule has 3 rings (SSSR count). The van der Waals surface area contributed by atoms with Crippen LogP contribution in [-0.4, -0.2) is 27.0 Å². The molecule has 2 atom stereocenters. The first-order chi connectivity index (χ1) is 9.67. The zero-order chi connectivity index (χ0) is 14.1. The quantitative estimate of drug-likeness (QED) is 0.659. The average Bonchev–Trinajstić information content (AvgIpc) is 3.06. The maximum Gasteiger partial charge on any atom is 0.246 e. The summed E-state index contributed by atoms with van der Waals surface area (Å²) in [6, 6.07) is 5.86. The summed E-state index contributed by atoms with van der Waals surface area (Å²) in [6.07, 6.45) is 4.03. The molecule has 106 valence electrons. The van der Waals surface area contributed by atoms with Crippen molar-refractivity contribution >= 4 is 16.8 Å². The van der Waals surface area contributed by atoms with E-state index in [0.29, 0.717) is 6.42 Å². The number of nitrogens with one attached hydrogen (secondary N) is 1. The van der Waals surface area contributed by atoms with E-state index in [4.69, 9.17) is 9.94 Å². The molecule has 1 saturated carbocycles. The highest BCUT2D eigenvalue weighted by Gasteiger charge is 2.31. The zero-order valence-corrected chi connectivity index (χ0v) is 11.2. The van der Waals surface area contributed by atoms with E-state index >= 15 is 0 Å². The summed E-state index contributed by atoms with van der Waals surface area (Å²) >= 11 is 0. The van der Waals surface area contributed by atoms with Crippen LogP contribution < -0.4 is 10.2 Å². The minimum Gasteiger partial charge on any atom is -0.490 e. The first-order valence-electron chi connectivity index (χ1n) is 6.69. The number of aromatic nitrogens is 2. The van der Waals surface area contributed by atoms with Gasteiger partial charge in [-0.25, -0.2) is 5.48 Å². The smallest absolute Gasteiger partial charge is 0.246 e. The molecule has 0 bridgehead atoms. The van der Waals surface area contributed by atoms with E-state index in [1.54, 1.807) is 10.2 Å². The summed E-state index contributed by atoms with van der Waals surface area (Å²) in [4.78, 5) is 11.4. The summed E-state index contributed by atoms with van der Waals surface area (Å²) in [5, 5.41) is 13.9. The van der Waals surface area contributed by atoms with Crippen LogP contribution in [0.5, 0.6) is 5.75 Å². The Bertz CT molecular complexity index is 638. The zero-order valence-electron chi connectivity index (χ0n) is 11.2. The fourth-order valence-corrected chi connectivity index (χ4v) is 2.77. The first kappa shape index (κ1) is 12.9. The Morgan fingerprint density at radius 1 is 1.50 bits per heavy atom. The van der Waals surface area contributed by atoms with Crippen molar-refractivity contribution in [2.24, 2.45) is 13.0 Å². The molecular weight excluding hydrogens is 258 g/mol. The Labute approximate surface area is 116 Å². The molecule has 0 saturated heterocycles. The van der Waals surface area contributed by atoms with Crippen molar-refractivity contribution in [1.82, 2.24) is 15.3 Å². The Hall–Kier alpha value is -2.08. The minimum absolute atomic E-state index is 0.0166. The van der Waals surface area contributed by atoms with Gasteiger partial charge in [0.25, 0.3) is 0 Å². The van der Waals surface area contributed by atoms with Gasteiger partial charge in [0.2, 0.25) is 5.91 Å². The Morgan fingerprint density at radius 2 is 2.35 bits per heavy atom. The number of nitrogens with zero attached hydrogens (tertiary/aromatic N) is 2. The molecule has 20 heavy (non-hydrogen) atoms. The topological polar surface area (TPSA) is 76.4 Å². The Balaban J connectivity index is 1.71. The molecule has 1 fully saturated rings. The third-order valence-electron chi connectivity index (χ3n) is 3.89. The van der Waals surface area contributed by atoms with E-state index in [2.05, 4.69) is 5.10 Å². The Morgan fingerprint density at radius 3 is 3.15 bits per heavy atom. The number of carbonyl (C=O) groups excluding carboxylic acids is 1. The van der Waals surface area contributed by atoms with Crippen molar-refractivity contribution in [2.75, 3.05) is 0 Å². The average molecular weight is 275 g/mol. The van der Waals surface area contributed by atoms with Crippen molar-refractivity contribution < 1.29 is 14.7 Å². The molecule has 1 aliphatic rings. The van der Waals surface area contributed by atoms with Gasteiger partial charge < -0.3 is 4.74 Å². The summed E-state index contributed by atoms with van der Waals surface area (Å²) < 4.78 is 7.73. The van der Waals surface area contributed by atoms with Crippen molar-refractivity contribution in [3.63, 3.8) is 0 Å². The molecule has 1 aromatic heterocycles. The van der Waals surface area contributed by atoms with Gasteiger partial charge >= 0.3 is 0 Å². The molecule has 6 heteroatoms.